The number of carbonyl (C=O) groups is 2. The fraction of sp³-hybridized carbons (Fsp3) is 0.0500. The molecule has 166 valence electrons. The summed E-state index contributed by atoms with van der Waals surface area (Å²) in [5, 5.41) is 7.29. The number of rotatable bonds is 6. The lowest BCUT2D eigenvalue weighted by Gasteiger charge is -2.15. The molecule has 1 aromatic heterocycles. The van der Waals surface area contributed by atoms with Gasteiger partial charge in [-0.3, -0.25) is 14.5 Å². The number of hydrogen-bond donors (Lipinski definition) is 4. The smallest absolute Gasteiger partial charge is 0.323 e. The molecule has 3 aromatic rings. The van der Waals surface area contributed by atoms with Gasteiger partial charge in [0.05, 0.1) is 38.9 Å². The minimum Gasteiger partial charge on any atom is -0.324 e. The molecule has 0 fully saturated rings. The highest BCUT2D eigenvalue weighted by molar-refractivity contribution is 7.92. The first-order valence-electron chi connectivity index (χ1n) is 9.02. The molecule has 0 bridgehead atoms. The van der Waals surface area contributed by atoms with Crippen LogP contribution in [0.15, 0.2) is 65.8 Å². The molecule has 0 aliphatic heterocycles. The summed E-state index contributed by atoms with van der Waals surface area (Å²) >= 11 is 5.69. The number of anilines is 4. The number of halogens is 2. The van der Waals surface area contributed by atoms with Gasteiger partial charge in [0.25, 0.3) is 10.0 Å². The summed E-state index contributed by atoms with van der Waals surface area (Å²) in [7, 11) is -4.24. The highest BCUT2D eigenvalue weighted by Crippen LogP contribution is 2.29. The first kappa shape index (κ1) is 23.0. The van der Waals surface area contributed by atoms with Gasteiger partial charge in [-0.1, -0.05) is 17.7 Å². The number of nitrogens with one attached hydrogen (secondary N) is 4. The van der Waals surface area contributed by atoms with Gasteiger partial charge >= 0.3 is 6.03 Å². The van der Waals surface area contributed by atoms with E-state index in [0.717, 1.165) is 6.07 Å². The molecule has 0 spiro atoms. The molecule has 2 aromatic carbocycles. The van der Waals surface area contributed by atoms with E-state index in [0.29, 0.717) is 5.69 Å². The Labute approximate surface area is 188 Å². The minimum absolute atomic E-state index is 0.0216. The maximum Gasteiger partial charge on any atom is 0.323 e. The van der Waals surface area contributed by atoms with Crippen LogP contribution in [0, 0.1) is 5.82 Å². The molecule has 1 heterocycles. The second kappa shape index (κ2) is 9.62. The standard InChI is InChI=1S/C20H17ClFN5O4S/c1-12(28)24-18-10-14(32(30,31)27-17-6-2-5-15(21)19(17)22)7-8-16(18)26-20(29)25-13-4-3-9-23-11-13/h2-11,27H,1H3,(H,24,28)(H2,25,26,29). The Morgan fingerprint density at radius 1 is 0.969 bits per heavy atom. The Hall–Kier alpha value is -3.70. The molecule has 3 amide bonds. The van der Waals surface area contributed by atoms with Gasteiger partial charge in [-0.15, -0.1) is 0 Å². The average molecular weight is 478 g/mol. The lowest BCUT2D eigenvalue weighted by Crippen LogP contribution is -2.21. The maximum atomic E-state index is 14.1. The van der Waals surface area contributed by atoms with Crippen molar-refractivity contribution in [2.75, 3.05) is 20.7 Å². The first-order valence-corrected chi connectivity index (χ1v) is 10.9. The third-order valence-corrected chi connectivity index (χ3v) is 5.63. The number of hydrogen-bond acceptors (Lipinski definition) is 5. The Bertz CT molecular complexity index is 1270. The molecule has 9 nitrogen and oxygen atoms in total. The molecule has 0 unspecified atom stereocenters. The Morgan fingerprint density at radius 3 is 2.44 bits per heavy atom. The number of nitrogens with zero attached hydrogens (tertiary/aromatic N) is 1. The maximum absolute atomic E-state index is 14.1. The zero-order valence-corrected chi connectivity index (χ0v) is 18.1. The molecule has 0 aliphatic carbocycles. The summed E-state index contributed by atoms with van der Waals surface area (Å²) < 4.78 is 41.7. The molecule has 0 radical (unpaired) electrons. The van der Waals surface area contributed by atoms with Crippen molar-refractivity contribution < 1.29 is 22.4 Å². The predicted octanol–water partition coefficient (Wildman–Crippen LogP) is 4.28. The number of urea groups is 1. The molecule has 0 saturated heterocycles. The molecule has 0 atom stereocenters. The number of pyridine rings is 1. The van der Waals surface area contributed by atoms with E-state index in [4.69, 9.17) is 11.6 Å². The van der Waals surface area contributed by atoms with Crippen LogP contribution in [0.25, 0.3) is 0 Å². The summed E-state index contributed by atoms with van der Waals surface area (Å²) in [4.78, 5) is 27.5. The topological polar surface area (TPSA) is 129 Å². The molecule has 0 aliphatic rings. The third-order valence-electron chi connectivity index (χ3n) is 3.98. The second-order valence-corrected chi connectivity index (χ2v) is 8.51. The quantitative estimate of drug-likeness (QED) is 0.421. The van der Waals surface area contributed by atoms with Gasteiger partial charge in [0.1, 0.15) is 0 Å². The van der Waals surface area contributed by atoms with Crippen molar-refractivity contribution in [1.29, 1.82) is 0 Å². The van der Waals surface area contributed by atoms with Gasteiger partial charge in [0, 0.05) is 13.1 Å². The Morgan fingerprint density at radius 2 is 1.75 bits per heavy atom. The van der Waals surface area contributed by atoms with E-state index in [9.17, 15) is 22.4 Å². The molecular formula is C20H17ClFN5O4S. The monoisotopic (exact) mass is 477 g/mol. The summed E-state index contributed by atoms with van der Waals surface area (Å²) in [6.07, 6.45) is 2.98. The van der Waals surface area contributed by atoms with E-state index in [2.05, 4.69) is 25.7 Å². The number of benzene rings is 2. The largest absolute Gasteiger partial charge is 0.324 e. The molecule has 12 heteroatoms. The number of amides is 3. The van der Waals surface area contributed by atoms with Crippen molar-refractivity contribution in [3.05, 3.63) is 71.8 Å². The van der Waals surface area contributed by atoms with E-state index < -0.39 is 27.8 Å². The van der Waals surface area contributed by atoms with E-state index in [1.807, 2.05) is 0 Å². The summed E-state index contributed by atoms with van der Waals surface area (Å²) in [6.45, 7) is 1.22. The minimum atomic E-state index is -4.24. The van der Waals surface area contributed by atoms with Crippen molar-refractivity contribution in [3.8, 4) is 0 Å². The Kier molecular flexibility index (Phi) is 6.91. The molecule has 0 saturated carbocycles. The molecule has 32 heavy (non-hydrogen) atoms. The van der Waals surface area contributed by atoms with Crippen LogP contribution in [0.2, 0.25) is 5.02 Å². The summed E-state index contributed by atoms with van der Waals surface area (Å²) in [5.41, 5.74) is 0.248. The highest BCUT2D eigenvalue weighted by Gasteiger charge is 2.20. The van der Waals surface area contributed by atoms with Crippen LogP contribution in [0.4, 0.5) is 31.9 Å². The van der Waals surface area contributed by atoms with Gasteiger partial charge in [-0.25, -0.2) is 17.6 Å². The fourth-order valence-corrected chi connectivity index (χ4v) is 3.86. The lowest BCUT2D eigenvalue weighted by molar-refractivity contribution is -0.114. The molecule has 4 N–H and O–H groups in total. The van der Waals surface area contributed by atoms with Gasteiger partial charge in [-0.05, 0) is 42.5 Å². The van der Waals surface area contributed by atoms with E-state index in [-0.39, 0.29) is 27.0 Å². The van der Waals surface area contributed by atoms with E-state index in [1.54, 1.807) is 18.3 Å². The van der Waals surface area contributed by atoms with Crippen molar-refractivity contribution in [1.82, 2.24) is 4.98 Å². The van der Waals surface area contributed by atoms with Crippen molar-refractivity contribution >= 4 is 56.3 Å². The summed E-state index contributed by atoms with van der Waals surface area (Å²) in [6, 6.07) is 10.1. The van der Waals surface area contributed by atoms with Crippen LogP contribution in [-0.4, -0.2) is 25.3 Å². The van der Waals surface area contributed by atoms with Crippen LogP contribution in [0.3, 0.4) is 0 Å². The number of carbonyl (C=O) groups excluding carboxylic acids is 2. The number of aromatic nitrogens is 1. The van der Waals surface area contributed by atoms with Crippen molar-refractivity contribution in [3.63, 3.8) is 0 Å². The fourth-order valence-electron chi connectivity index (χ4n) is 2.60. The molecular weight excluding hydrogens is 461 g/mol. The van der Waals surface area contributed by atoms with E-state index in [1.165, 1.54) is 43.5 Å². The van der Waals surface area contributed by atoms with Gasteiger partial charge in [0.2, 0.25) is 5.91 Å². The van der Waals surface area contributed by atoms with Crippen molar-refractivity contribution in [2.24, 2.45) is 0 Å². The summed E-state index contributed by atoms with van der Waals surface area (Å²) in [5.74, 6) is -1.42. The lowest BCUT2D eigenvalue weighted by atomic mass is 10.2. The number of sulfonamides is 1. The van der Waals surface area contributed by atoms with Crippen molar-refractivity contribution in [2.45, 2.75) is 11.8 Å². The van der Waals surface area contributed by atoms with Gasteiger partial charge in [0.15, 0.2) is 5.82 Å². The highest BCUT2D eigenvalue weighted by atomic mass is 35.5. The Balaban J connectivity index is 1.87. The van der Waals surface area contributed by atoms with Crippen LogP contribution >= 0.6 is 11.6 Å². The van der Waals surface area contributed by atoms with Gasteiger partial charge in [-0.2, -0.15) is 0 Å². The van der Waals surface area contributed by atoms with Crippen LogP contribution < -0.4 is 20.7 Å². The normalized spacial score (nSPS) is 10.8. The zero-order valence-electron chi connectivity index (χ0n) is 16.5. The van der Waals surface area contributed by atoms with Gasteiger partial charge < -0.3 is 16.0 Å². The van der Waals surface area contributed by atoms with E-state index >= 15 is 0 Å². The second-order valence-electron chi connectivity index (χ2n) is 6.42. The van der Waals surface area contributed by atoms with Crippen LogP contribution in [-0.2, 0) is 14.8 Å². The zero-order chi connectivity index (χ0) is 23.3. The van der Waals surface area contributed by atoms with Crippen LogP contribution in [0.5, 0.6) is 0 Å². The third kappa shape index (κ3) is 5.71. The molecule has 3 rings (SSSR count). The average Bonchev–Trinajstić information content (AvgIpc) is 2.73. The first-order chi connectivity index (χ1) is 15.2. The van der Waals surface area contributed by atoms with Crippen LogP contribution in [0.1, 0.15) is 6.92 Å². The predicted molar refractivity (Wildman–Crippen MR) is 120 cm³/mol. The SMILES string of the molecule is CC(=O)Nc1cc(S(=O)(=O)Nc2cccc(Cl)c2F)ccc1NC(=O)Nc1cccnc1.